The molecule has 116 valence electrons. The van der Waals surface area contributed by atoms with Crippen LogP contribution in [0.2, 0.25) is 0 Å². The lowest BCUT2D eigenvalue weighted by atomic mass is 10.3. The first kappa shape index (κ1) is 16.2. The topological polar surface area (TPSA) is 56.9 Å². The molecule has 2 rings (SSSR count). The van der Waals surface area contributed by atoms with Crippen molar-refractivity contribution in [2.24, 2.45) is 0 Å². The van der Waals surface area contributed by atoms with Gasteiger partial charge in [-0.2, -0.15) is 10.2 Å². The molecule has 0 saturated heterocycles. The van der Waals surface area contributed by atoms with Crippen molar-refractivity contribution in [3.8, 4) is 0 Å². The highest BCUT2D eigenvalue weighted by atomic mass is 79.9. The molecule has 0 bridgehead atoms. The molecule has 0 spiro atoms. The minimum atomic E-state index is 0.710. The van der Waals surface area contributed by atoms with Gasteiger partial charge in [-0.25, -0.2) is 0 Å². The van der Waals surface area contributed by atoms with Crippen molar-refractivity contribution >= 4 is 15.9 Å². The normalized spacial score (nSPS) is 11.2. The zero-order valence-electron chi connectivity index (χ0n) is 12.8. The fraction of sp³-hybridized carbons (Fsp3) is 0.571. The first-order valence-corrected chi connectivity index (χ1v) is 7.88. The molecular formula is C14H22BrN5O. The van der Waals surface area contributed by atoms with Crippen LogP contribution in [0.1, 0.15) is 24.0 Å². The fourth-order valence-electron chi connectivity index (χ4n) is 2.21. The van der Waals surface area contributed by atoms with Gasteiger partial charge in [-0.05, 0) is 35.8 Å². The van der Waals surface area contributed by atoms with Gasteiger partial charge in [0.2, 0.25) is 0 Å². The Bertz CT molecular complexity index is 578. The van der Waals surface area contributed by atoms with E-state index in [0.29, 0.717) is 13.2 Å². The van der Waals surface area contributed by atoms with E-state index in [0.717, 1.165) is 41.2 Å². The molecule has 2 heterocycles. The summed E-state index contributed by atoms with van der Waals surface area (Å²) in [7, 11) is 1.71. The number of nitrogens with zero attached hydrogens (tertiary/aromatic N) is 4. The SMILES string of the molecule is CCn1nc(C)c(Br)c1Cn1nccc1CNCCOC. The van der Waals surface area contributed by atoms with E-state index < -0.39 is 0 Å². The van der Waals surface area contributed by atoms with E-state index in [9.17, 15) is 0 Å². The second-order valence-electron chi connectivity index (χ2n) is 4.81. The molecule has 6 nitrogen and oxygen atoms in total. The highest BCUT2D eigenvalue weighted by molar-refractivity contribution is 9.10. The molecular weight excluding hydrogens is 334 g/mol. The second kappa shape index (κ2) is 7.72. The predicted molar refractivity (Wildman–Crippen MR) is 85.2 cm³/mol. The number of rotatable bonds is 8. The molecule has 7 heteroatoms. The number of halogens is 1. The van der Waals surface area contributed by atoms with E-state index in [2.05, 4.69) is 38.4 Å². The Morgan fingerprint density at radius 1 is 1.38 bits per heavy atom. The van der Waals surface area contributed by atoms with Crippen molar-refractivity contribution in [3.05, 3.63) is 33.8 Å². The van der Waals surface area contributed by atoms with Crippen LogP contribution in [-0.2, 0) is 24.4 Å². The average Bonchev–Trinajstić information content (AvgIpc) is 3.03. The molecule has 0 aliphatic carbocycles. The minimum absolute atomic E-state index is 0.710. The van der Waals surface area contributed by atoms with E-state index in [1.54, 1.807) is 7.11 Å². The summed E-state index contributed by atoms with van der Waals surface area (Å²) in [4.78, 5) is 0. The van der Waals surface area contributed by atoms with Crippen LogP contribution in [-0.4, -0.2) is 39.8 Å². The van der Waals surface area contributed by atoms with Crippen molar-refractivity contribution in [3.63, 3.8) is 0 Å². The Kier molecular flexibility index (Phi) is 5.96. The van der Waals surface area contributed by atoms with E-state index in [1.165, 1.54) is 0 Å². The van der Waals surface area contributed by atoms with Crippen molar-refractivity contribution in [1.29, 1.82) is 0 Å². The molecule has 0 aliphatic rings. The largest absolute Gasteiger partial charge is 0.383 e. The molecule has 2 aromatic heterocycles. The van der Waals surface area contributed by atoms with Gasteiger partial charge in [0.25, 0.3) is 0 Å². The summed E-state index contributed by atoms with van der Waals surface area (Å²) < 4.78 is 10.1. The van der Waals surface area contributed by atoms with E-state index in [-0.39, 0.29) is 0 Å². The molecule has 1 N–H and O–H groups in total. The standard InChI is InChI=1S/C14H22BrN5O/c1-4-19-13(14(15)11(2)18-19)10-20-12(5-6-17-20)9-16-7-8-21-3/h5-6,16H,4,7-10H2,1-3H3. The second-order valence-corrected chi connectivity index (χ2v) is 5.60. The summed E-state index contributed by atoms with van der Waals surface area (Å²) in [5.74, 6) is 0. The number of aryl methyl sites for hydroxylation is 2. The van der Waals surface area contributed by atoms with Crippen LogP contribution in [0, 0.1) is 6.92 Å². The zero-order chi connectivity index (χ0) is 15.2. The molecule has 0 aromatic carbocycles. The summed E-state index contributed by atoms with van der Waals surface area (Å²) in [5.41, 5.74) is 3.31. The molecule has 0 unspecified atom stereocenters. The Hall–Kier alpha value is -1.18. The Morgan fingerprint density at radius 2 is 2.19 bits per heavy atom. The van der Waals surface area contributed by atoms with Crippen LogP contribution in [0.25, 0.3) is 0 Å². The molecule has 2 aromatic rings. The minimum Gasteiger partial charge on any atom is -0.383 e. The lowest BCUT2D eigenvalue weighted by molar-refractivity contribution is 0.199. The molecule has 0 atom stereocenters. The number of nitrogens with one attached hydrogen (secondary N) is 1. The number of aromatic nitrogens is 4. The van der Waals surface area contributed by atoms with E-state index in [4.69, 9.17) is 4.74 Å². The van der Waals surface area contributed by atoms with Crippen LogP contribution in [0.5, 0.6) is 0 Å². The van der Waals surface area contributed by atoms with Crippen molar-refractivity contribution in [1.82, 2.24) is 24.9 Å². The molecule has 0 radical (unpaired) electrons. The highest BCUT2D eigenvalue weighted by Gasteiger charge is 2.14. The molecule has 21 heavy (non-hydrogen) atoms. The first-order valence-electron chi connectivity index (χ1n) is 7.09. The number of hydrogen-bond donors (Lipinski definition) is 1. The Balaban J connectivity index is 2.08. The molecule has 0 saturated carbocycles. The predicted octanol–water partition coefficient (Wildman–Crippen LogP) is 1.95. The van der Waals surface area contributed by atoms with Crippen molar-refractivity contribution in [2.75, 3.05) is 20.3 Å². The molecule has 0 fully saturated rings. The van der Waals surface area contributed by atoms with Crippen LogP contribution in [0.15, 0.2) is 16.7 Å². The third kappa shape index (κ3) is 3.93. The summed E-state index contributed by atoms with van der Waals surface area (Å²) in [6.45, 7) is 7.99. The van der Waals surface area contributed by atoms with Gasteiger partial charge in [0.05, 0.1) is 34.7 Å². The maximum Gasteiger partial charge on any atom is 0.0843 e. The summed E-state index contributed by atoms with van der Waals surface area (Å²) in [6.07, 6.45) is 1.83. The van der Waals surface area contributed by atoms with Gasteiger partial charge in [0.15, 0.2) is 0 Å². The molecule has 0 amide bonds. The monoisotopic (exact) mass is 355 g/mol. The first-order chi connectivity index (χ1) is 10.2. The fourth-order valence-corrected chi connectivity index (χ4v) is 2.61. The van der Waals surface area contributed by atoms with E-state index in [1.807, 2.05) is 28.6 Å². The van der Waals surface area contributed by atoms with Crippen LogP contribution in [0.3, 0.4) is 0 Å². The van der Waals surface area contributed by atoms with Gasteiger partial charge in [0, 0.05) is 32.9 Å². The lowest BCUT2D eigenvalue weighted by Crippen LogP contribution is -2.21. The van der Waals surface area contributed by atoms with Gasteiger partial charge in [0.1, 0.15) is 0 Å². The average molecular weight is 356 g/mol. The van der Waals surface area contributed by atoms with Gasteiger partial charge < -0.3 is 10.1 Å². The van der Waals surface area contributed by atoms with Gasteiger partial charge in [-0.3, -0.25) is 9.36 Å². The van der Waals surface area contributed by atoms with Gasteiger partial charge in [-0.1, -0.05) is 0 Å². The van der Waals surface area contributed by atoms with Crippen molar-refractivity contribution in [2.45, 2.75) is 33.5 Å². The number of methoxy groups -OCH3 is 1. The highest BCUT2D eigenvalue weighted by Crippen LogP contribution is 2.22. The van der Waals surface area contributed by atoms with E-state index >= 15 is 0 Å². The number of ether oxygens (including phenoxy) is 1. The van der Waals surface area contributed by atoms with Crippen molar-refractivity contribution < 1.29 is 4.74 Å². The summed E-state index contributed by atoms with van der Waals surface area (Å²) in [6, 6.07) is 2.03. The molecule has 0 aliphatic heterocycles. The Labute approximate surface area is 133 Å². The van der Waals surface area contributed by atoms with Crippen LogP contribution >= 0.6 is 15.9 Å². The lowest BCUT2D eigenvalue weighted by Gasteiger charge is -2.10. The van der Waals surface area contributed by atoms with Gasteiger partial charge >= 0.3 is 0 Å². The Morgan fingerprint density at radius 3 is 2.90 bits per heavy atom. The smallest absolute Gasteiger partial charge is 0.0843 e. The summed E-state index contributed by atoms with van der Waals surface area (Å²) in [5, 5.41) is 12.3. The van der Waals surface area contributed by atoms with Crippen LogP contribution in [0.4, 0.5) is 0 Å². The summed E-state index contributed by atoms with van der Waals surface area (Å²) >= 11 is 3.63. The third-order valence-electron chi connectivity index (χ3n) is 3.35. The third-order valence-corrected chi connectivity index (χ3v) is 4.38. The maximum atomic E-state index is 5.03. The quantitative estimate of drug-likeness (QED) is 0.735. The van der Waals surface area contributed by atoms with Crippen LogP contribution < -0.4 is 5.32 Å². The maximum absolute atomic E-state index is 5.03. The number of hydrogen-bond acceptors (Lipinski definition) is 4. The zero-order valence-corrected chi connectivity index (χ0v) is 14.4. The van der Waals surface area contributed by atoms with Gasteiger partial charge in [-0.15, -0.1) is 0 Å².